The molecule has 7 rings (SSSR count). The first-order valence-electron chi connectivity index (χ1n) is 19.0. The number of hydrogen-bond acceptors (Lipinski definition) is 11. The van der Waals surface area contributed by atoms with Gasteiger partial charge < -0.3 is 34.1 Å². The molecule has 0 radical (unpaired) electrons. The molecule has 2 saturated heterocycles. The van der Waals surface area contributed by atoms with E-state index < -0.39 is 0 Å². The number of benzene rings is 2. The number of nitrogens with one attached hydrogen (secondary N) is 1. The second-order valence-electron chi connectivity index (χ2n) is 15.5. The van der Waals surface area contributed by atoms with Crippen LogP contribution >= 0.6 is 21.6 Å². The number of carbonyl (C=O) groups is 3. The van der Waals surface area contributed by atoms with E-state index in [2.05, 4.69) is 42.3 Å². The zero-order valence-electron chi connectivity index (χ0n) is 33.1. The molecule has 5 aliphatic rings. The maximum atomic E-state index is 13.5. The zero-order valence-corrected chi connectivity index (χ0v) is 34.7. The summed E-state index contributed by atoms with van der Waals surface area (Å²) in [4.78, 5) is 53.2. The smallest absolute Gasteiger partial charge is 0.257 e. The van der Waals surface area contributed by atoms with E-state index in [0.717, 1.165) is 28.7 Å². The van der Waals surface area contributed by atoms with Crippen molar-refractivity contribution in [3.8, 4) is 23.0 Å². The summed E-state index contributed by atoms with van der Waals surface area (Å²) in [6, 6.07) is 6.28. The third kappa shape index (κ3) is 8.96. The molecule has 1 aliphatic carbocycles. The summed E-state index contributed by atoms with van der Waals surface area (Å²) in [6.45, 7) is 13.8. The number of ether oxygens (including phenoxy) is 4. The van der Waals surface area contributed by atoms with E-state index in [9.17, 15) is 14.4 Å². The number of amides is 3. The number of nitrogens with zero attached hydrogens (tertiary/aromatic N) is 4. The van der Waals surface area contributed by atoms with Crippen LogP contribution in [0, 0.1) is 0 Å². The van der Waals surface area contributed by atoms with Crippen LogP contribution in [0.15, 0.2) is 81.9 Å². The monoisotopic (exact) mass is 811 g/mol. The number of aliphatic imine (C=N–C) groups is 2. The predicted molar refractivity (Wildman–Crippen MR) is 228 cm³/mol. The van der Waals surface area contributed by atoms with Gasteiger partial charge in [0.2, 0.25) is 5.91 Å². The van der Waals surface area contributed by atoms with Crippen LogP contribution in [0.1, 0.15) is 66.7 Å². The molecule has 0 saturated carbocycles. The summed E-state index contributed by atoms with van der Waals surface area (Å²) in [5.74, 6) is 1.44. The van der Waals surface area contributed by atoms with Gasteiger partial charge in [-0.25, -0.2) is 0 Å². The van der Waals surface area contributed by atoms with Gasteiger partial charge in [-0.3, -0.25) is 24.4 Å². The minimum absolute atomic E-state index is 0.0356. The second kappa shape index (κ2) is 16.9. The van der Waals surface area contributed by atoms with Crippen molar-refractivity contribution in [1.82, 2.24) is 15.1 Å². The highest BCUT2D eigenvalue weighted by Gasteiger charge is 2.36. The quantitative estimate of drug-likeness (QED) is 0.153. The number of methoxy groups -OCH3 is 2. The number of carbonyl (C=O) groups excluding carboxylic acids is 3. The second-order valence-corrected chi connectivity index (χ2v) is 18.6. The minimum atomic E-state index is -0.310. The molecular formula is C43H49N5O7S2. The molecule has 3 amide bonds. The van der Waals surface area contributed by atoms with Crippen LogP contribution in [-0.4, -0.2) is 110 Å². The van der Waals surface area contributed by atoms with Gasteiger partial charge >= 0.3 is 0 Å². The van der Waals surface area contributed by atoms with Crippen molar-refractivity contribution < 1.29 is 33.3 Å². The summed E-state index contributed by atoms with van der Waals surface area (Å²) in [7, 11) is 6.54. The van der Waals surface area contributed by atoms with Crippen molar-refractivity contribution in [1.29, 1.82) is 0 Å². The van der Waals surface area contributed by atoms with Crippen molar-refractivity contribution in [2.75, 3.05) is 46.8 Å². The van der Waals surface area contributed by atoms with Gasteiger partial charge in [-0.2, -0.15) is 0 Å². The molecule has 14 heteroatoms. The molecule has 4 heterocycles. The largest absolute Gasteiger partial charge is 0.493 e. The Kier molecular flexibility index (Phi) is 11.9. The predicted octanol–water partition coefficient (Wildman–Crippen LogP) is 7.45. The molecule has 0 bridgehead atoms. The molecule has 57 heavy (non-hydrogen) atoms. The van der Waals surface area contributed by atoms with Gasteiger partial charge in [-0.15, -0.1) is 0 Å². The summed E-state index contributed by atoms with van der Waals surface area (Å²) in [5.41, 5.74) is 5.66. The van der Waals surface area contributed by atoms with E-state index in [1.54, 1.807) is 75.2 Å². The Morgan fingerprint density at radius 3 is 1.91 bits per heavy atom. The molecule has 0 aromatic heterocycles. The Balaban J connectivity index is 1.11. The van der Waals surface area contributed by atoms with Crippen molar-refractivity contribution in [2.45, 2.75) is 68.8 Å². The molecule has 2 aromatic carbocycles. The Bertz CT molecular complexity index is 2130. The first-order valence-corrected chi connectivity index (χ1v) is 21.5. The van der Waals surface area contributed by atoms with Gasteiger partial charge in [0.15, 0.2) is 23.0 Å². The first kappa shape index (κ1) is 40.3. The van der Waals surface area contributed by atoms with Crippen LogP contribution in [0.2, 0.25) is 0 Å². The average Bonchev–Trinajstić information content (AvgIpc) is 3.69. The van der Waals surface area contributed by atoms with E-state index in [0.29, 0.717) is 84.3 Å². The van der Waals surface area contributed by atoms with Crippen LogP contribution in [-0.2, 0) is 4.79 Å². The number of hydrogen-bond donors (Lipinski definition) is 1. The van der Waals surface area contributed by atoms with E-state index in [-0.39, 0.29) is 53.8 Å². The van der Waals surface area contributed by atoms with Crippen LogP contribution in [0.3, 0.4) is 0 Å². The summed E-state index contributed by atoms with van der Waals surface area (Å²) in [5, 5.41) is 3.22. The lowest BCUT2D eigenvalue weighted by atomic mass is 9.95. The highest BCUT2D eigenvalue weighted by Crippen LogP contribution is 2.41. The third-order valence-electron chi connectivity index (χ3n) is 10.6. The van der Waals surface area contributed by atoms with Crippen molar-refractivity contribution in [3.63, 3.8) is 0 Å². The van der Waals surface area contributed by atoms with Crippen molar-refractivity contribution in [3.05, 3.63) is 83.0 Å². The number of fused-ring (bicyclic) bond motifs is 4. The Hall–Kier alpha value is -4.95. The van der Waals surface area contributed by atoms with Crippen LogP contribution in [0.5, 0.6) is 23.0 Å². The third-order valence-corrected chi connectivity index (χ3v) is 13.3. The Morgan fingerprint density at radius 1 is 0.842 bits per heavy atom. The van der Waals surface area contributed by atoms with Crippen LogP contribution in [0.4, 0.5) is 11.4 Å². The highest BCUT2D eigenvalue weighted by atomic mass is 33.1. The first-order chi connectivity index (χ1) is 27.3. The molecule has 2 aromatic rings. The highest BCUT2D eigenvalue weighted by molar-refractivity contribution is 8.76. The fourth-order valence-corrected chi connectivity index (χ4v) is 9.99. The normalized spacial score (nSPS) is 21.2. The van der Waals surface area contributed by atoms with Gasteiger partial charge in [0.1, 0.15) is 13.2 Å². The lowest BCUT2D eigenvalue weighted by Crippen LogP contribution is -2.36. The molecule has 0 spiro atoms. The zero-order chi connectivity index (χ0) is 40.4. The van der Waals surface area contributed by atoms with Gasteiger partial charge in [0.05, 0.1) is 54.8 Å². The maximum Gasteiger partial charge on any atom is 0.257 e. The molecular weight excluding hydrogens is 763 g/mol. The lowest BCUT2D eigenvalue weighted by Gasteiger charge is -2.25. The summed E-state index contributed by atoms with van der Waals surface area (Å²) >= 11 is 0. The molecule has 1 N–H and O–H groups in total. The Labute approximate surface area is 341 Å². The van der Waals surface area contributed by atoms with Crippen LogP contribution in [0.25, 0.3) is 0 Å². The molecule has 12 nitrogen and oxygen atoms in total. The van der Waals surface area contributed by atoms with E-state index in [4.69, 9.17) is 18.9 Å². The molecule has 3 atom stereocenters. The summed E-state index contributed by atoms with van der Waals surface area (Å²) in [6.07, 6.45) is 12.7. The van der Waals surface area contributed by atoms with Crippen LogP contribution < -0.4 is 24.3 Å². The molecule has 300 valence electrons. The fourth-order valence-electron chi connectivity index (χ4n) is 7.75. The van der Waals surface area contributed by atoms with Crippen molar-refractivity contribution >= 4 is 63.1 Å². The van der Waals surface area contributed by atoms with Gasteiger partial charge in [-0.05, 0) is 69.1 Å². The fraction of sp³-hybridized carbons (Fsp3) is 0.419. The van der Waals surface area contributed by atoms with Gasteiger partial charge in [0, 0.05) is 48.8 Å². The van der Waals surface area contributed by atoms with Gasteiger partial charge in [0.25, 0.3) is 11.8 Å². The molecule has 4 aliphatic heterocycles. The van der Waals surface area contributed by atoms with Gasteiger partial charge in [-0.1, -0.05) is 58.0 Å². The standard InChI is InChI=1S/C43H49N5O7S2/c1-25-10-30-19-44-34-17-38(36(52-5)15-32(34)41(50)47(30)21-25)54-23-27-12-28(14-29(13-27)46-40(49)8-9-43(3,4)57-56-7)24-55-39-18-35-33(16-37(39)53-6)42(51)48-22-26(2)11-31(48)20-45-35/h12-13,15-20,29-31H,1-2,8-11,14,21-24H2,3-7H3,(H,46,49)/t29?,30-,31-/m0/s1. The Morgan fingerprint density at radius 2 is 1.39 bits per heavy atom. The summed E-state index contributed by atoms with van der Waals surface area (Å²) < 4.78 is 24.1. The maximum absolute atomic E-state index is 13.5. The van der Waals surface area contributed by atoms with Crippen molar-refractivity contribution in [2.24, 2.45) is 9.98 Å². The molecule has 1 unspecified atom stereocenters. The SMILES string of the molecule is C=C1C[C@H]2C=Nc3cc(OCC4=CC(NC(=O)CCC(C)(C)SSC)CC(COc5cc6c(cc5OC)C(=O)N5CC(=C)C[C@H]5C=N6)=C4)c(OC)cc3C(=O)N2C1. The molecule has 2 fully saturated rings. The van der Waals surface area contributed by atoms with E-state index in [1.807, 2.05) is 18.4 Å². The van der Waals surface area contributed by atoms with E-state index in [1.165, 1.54) is 7.11 Å². The average molecular weight is 812 g/mol. The number of rotatable bonds is 14. The minimum Gasteiger partial charge on any atom is -0.493 e. The lowest BCUT2D eigenvalue weighted by molar-refractivity contribution is -0.121. The van der Waals surface area contributed by atoms with E-state index >= 15 is 0 Å². The topological polar surface area (TPSA) is 131 Å².